The summed E-state index contributed by atoms with van der Waals surface area (Å²) in [6, 6.07) is 18.4. The molecule has 2 aromatic carbocycles. The van der Waals surface area contributed by atoms with Crippen molar-refractivity contribution < 1.29 is 4.42 Å². The largest absolute Gasteiger partial charge is 0.425 e. The Morgan fingerprint density at radius 3 is 2.50 bits per heavy atom. The molecule has 0 amide bonds. The van der Waals surface area contributed by atoms with Gasteiger partial charge in [-0.2, -0.15) is 9.50 Å². The van der Waals surface area contributed by atoms with E-state index in [4.69, 9.17) is 16.0 Å². The van der Waals surface area contributed by atoms with Crippen molar-refractivity contribution in [1.29, 1.82) is 0 Å². The van der Waals surface area contributed by atoms with E-state index in [0.717, 1.165) is 42.6 Å². The highest BCUT2D eigenvalue weighted by Crippen LogP contribution is 2.28. The van der Waals surface area contributed by atoms with E-state index >= 15 is 0 Å². The van der Waals surface area contributed by atoms with Crippen molar-refractivity contribution in [2.45, 2.75) is 32.7 Å². The Morgan fingerprint density at radius 2 is 1.77 bits per heavy atom. The van der Waals surface area contributed by atoms with Gasteiger partial charge in [0.2, 0.25) is 0 Å². The average Bonchev–Trinajstić information content (AvgIpc) is 3.30. The second-order valence-corrected chi connectivity index (χ2v) is 8.54. The van der Waals surface area contributed by atoms with Crippen LogP contribution < -0.4 is 0 Å². The number of piperidine rings is 1. The fourth-order valence-corrected chi connectivity index (χ4v) is 4.51. The second kappa shape index (κ2) is 8.25. The second-order valence-electron chi connectivity index (χ2n) is 8.13. The van der Waals surface area contributed by atoms with Gasteiger partial charge in [-0.3, -0.25) is 4.90 Å². The predicted molar refractivity (Wildman–Crippen MR) is 119 cm³/mol. The highest BCUT2D eigenvalue weighted by atomic mass is 35.5. The summed E-state index contributed by atoms with van der Waals surface area (Å²) in [5, 5.41) is 5.27. The first-order valence-electron chi connectivity index (χ1n) is 10.5. The van der Waals surface area contributed by atoms with Crippen LogP contribution in [0.25, 0.3) is 17.2 Å². The van der Waals surface area contributed by atoms with Crippen LogP contribution in [0.15, 0.2) is 59.0 Å². The van der Waals surface area contributed by atoms with Crippen LogP contribution in [0.3, 0.4) is 0 Å². The van der Waals surface area contributed by atoms with Gasteiger partial charge in [0.1, 0.15) is 5.76 Å². The van der Waals surface area contributed by atoms with Crippen molar-refractivity contribution in [3.63, 3.8) is 0 Å². The molecule has 1 fully saturated rings. The molecule has 30 heavy (non-hydrogen) atoms. The molecule has 3 heterocycles. The van der Waals surface area contributed by atoms with Gasteiger partial charge in [-0.05, 0) is 62.9 Å². The molecular formula is C24H25ClN4O. The number of nitrogens with zero attached hydrogens (tertiary/aromatic N) is 4. The molecule has 0 spiro atoms. The zero-order valence-corrected chi connectivity index (χ0v) is 17.8. The number of benzene rings is 2. The number of aromatic nitrogens is 3. The Labute approximate surface area is 181 Å². The molecule has 1 aliphatic rings. The molecule has 0 unspecified atom stereocenters. The van der Waals surface area contributed by atoms with Crippen LogP contribution in [0.1, 0.15) is 29.9 Å². The number of rotatable bonds is 5. The number of oxazole rings is 1. The van der Waals surface area contributed by atoms with Crippen molar-refractivity contribution in [3.8, 4) is 11.4 Å². The molecule has 5 nitrogen and oxygen atoms in total. The average molecular weight is 421 g/mol. The molecule has 0 atom stereocenters. The van der Waals surface area contributed by atoms with Crippen LogP contribution in [-0.2, 0) is 13.0 Å². The van der Waals surface area contributed by atoms with Crippen molar-refractivity contribution in [2.24, 2.45) is 5.92 Å². The number of likely N-dealkylation sites (tertiary alicyclic amines) is 1. The van der Waals surface area contributed by atoms with Crippen molar-refractivity contribution in [1.82, 2.24) is 19.5 Å². The third-order valence-corrected chi connectivity index (χ3v) is 6.40. The van der Waals surface area contributed by atoms with E-state index in [-0.39, 0.29) is 0 Å². The summed E-state index contributed by atoms with van der Waals surface area (Å²) in [6.45, 7) is 5.03. The minimum Gasteiger partial charge on any atom is -0.425 e. The molecule has 1 saturated heterocycles. The molecule has 2 aromatic heterocycles. The number of halogens is 1. The van der Waals surface area contributed by atoms with E-state index < -0.39 is 0 Å². The van der Waals surface area contributed by atoms with Crippen molar-refractivity contribution in [3.05, 3.63) is 76.6 Å². The molecule has 4 aromatic rings. The van der Waals surface area contributed by atoms with Crippen LogP contribution in [0, 0.1) is 12.8 Å². The molecule has 0 saturated carbocycles. The van der Waals surface area contributed by atoms with Gasteiger partial charge in [-0.15, -0.1) is 5.10 Å². The van der Waals surface area contributed by atoms with E-state index in [9.17, 15) is 0 Å². The number of hydrogen-bond acceptors (Lipinski definition) is 4. The predicted octanol–water partition coefficient (Wildman–Crippen LogP) is 5.41. The van der Waals surface area contributed by atoms with Crippen LogP contribution in [0.5, 0.6) is 0 Å². The van der Waals surface area contributed by atoms with Crippen LogP contribution in [0.2, 0.25) is 5.02 Å². The maximum atomic E-state index is 6.29. The van der Waals surface area contributed by atoms with Gasteiger partial charge >= 0.3 is 5.84 Å². The summed E-state index contributed by atoms with van der Waals surface area (Å²) in [5.41, 5.74) is 3.26. The number of hydrogen-bond donors (Lipinski definition) is 0. The van der Waals surface area contributed by atoms with E-state index in [1.165, 1.54) is 24.8 Å². The zero-order chi connectivity index (χ0) is 20.5. The SMILES string of the molecule is Cc1c(CN2CCC(Cc3ccccc3)CC2)oc2nc(-c3ccccc3Cl)nn12. The molecule has 6 heteroatoms. The van der Waals surface area contributed by atoms with Gasteiger partial charge in [0, 0.05) is 5.56 Å². The van der Waals surface area contributed by atoms with Gasteiger partial charge in [0.05, 0.1) is 17.3 Å². The lowest BCUT2D eigenvalue weighted by atomic mass is 9.90. The fourth-order valence-electron chi connectivity index (χ4n) is 4.29. The Hall–Kier alpha value is -2.63. The lowest BCUT2D eigenvalue weighted by molar-refractivity contribution is 0.167. The first-order chi connectivity index (χ1) is 14.7. The first kappa shape index (κ1) is 19.3. The normalized spacial score (nSPS) is 15.8. The summed E-state index contributed by atoms with van der Waals surface area (Å²) < 4.78 is 7.86. The standard InChI is InChI=1S/C24H25ClN4O/c1-17-22(16-28-13-11-19(12-14-28)15-18-7-3-2-4-8-18)30-24-26-23(27-29(17)24)20-9-5-6-10-21(20)25/h2-10,19H,11-16H2,1H3. The molecular weight excluding hydrogens is 396 g/mol. The minimum atomic E-state index is 0.524. The van der Waals surface area contributed by atoms with Crippen LogP contribution in [0.4, 0.5) is 0 Å². The van der Waals surface area contributed by atoms with Crippen molar-refractivity contribution >= 4 is 17.4 Å². The molecule has 0 aliphatic carbocycles. The third kappa shape index (κ3) is 3.87. The first-order valence-corrected chi connectivity index (χ1v) is 10.9. The minimum absolute atomic E-state index is 0.524. The summed E-state index contributed by atoms with van der Waals surface area (Å²) in [5.74, 6) is 2.82. The monoisotopic (exact) mass is 420 g/mol. The van der Waals surface area contributed by atoms with Crippen LogP contribution in [-0.4, -0.2) is 32.6 Å². The maximum absolute atomic E-state index is 6.29. The van der Waals surface area contributed by atoms with E-state index in [0.29, 0.717) is 16.7 Å². The summed E-state index contributed by atoms with van der Waals surface area (Å²) >= 11 is 6.29. The zero-order valence-electron chi connectivity index (χ0n) is 17.1. The summed E-state index contributed by atoms with van der Waals surface area (Å²) in [6.07, 6.45) is 3.62. The van der Waals surface area contributed by atoms with Gasteiger partial charge in [-0.1, -0.05) is 54.1 Å². The van der Waals surface area contributed by atoms with Gasteiger partial charge in [-0.25, -0.2) is 0 Å². The molecule has 154 valence electrons. The quantitative estimate of drug-likeness (QED) is 0.433. The third-order valence-electron chi connectivity index (χ3n) is 6.07. The smallest absolute Gasteiger partial charge is 0.325 e. The van der Waals surface area contributed by atoms with Crippen molar-refractivity contribution in [2.75, 3.05) is 13.1 Å². The van der Waals surface area contributed by atoms with Gasteiger partial charge < -0.3 is 4.42 Å². The Morgan fingerprint density at radius 1 is 1.03 bits per heavy atom. The van der Waals surface area contributed by atoms with E-state index in [1.54, 1.807) is 4.52 Å². The maximum Gasteiger partial charge on any atom is 0.325 e. The number of aryl methyl sites for hydroxylation is 1. The van der Waals surface area contributed by atoms with E-state index in [1.807, 2.05) is 31.2 Å². The highest BCUT2D eigenvalue weighted by Gasteiger charge is 2.23. The number of fused-ring (bicyclic) bond motifs is 1. The lowest BCUT2D eigenvalue weighted by Crippen LogP contribution is -2.34. The topological polar surface area (TPSA) is 46.6 Å². The van der Waals surface area contributed by atoms with E-state index in [2.05, 4.69) is 45.3 Å². The van der Waals surface area contributed by atoms with Gasteiger partial charge in [0.15, 0.2) is 5.82 Å². The Kier molecular flexibility index (Phi) is 5.32. The molecule has 1 aliphatic heterocycles. The van der Waals surface area contributed by atoms with Crippen LogP contribution >= 0.6 is 11.6 Å². The molecule has 0 N–H and O–H groups in total. The highest BCUT2D eigenvalue weighted by molar-refractivity contribution is 6.33. The van der Waals surface area contributed by atoms with Gasteiger partial charge in [0.25, 0.3) is 0 Å². The Balaban J connectivity index is 1.25. The summed E-state index contributed by atoms with van der Waals surface area (Å²) in [4.78, 5) is 7.03. The molecule has 5 rings (SSSR count). The lowest BCUT2D eigenvalue weighted by Gasteiger charge is -2.31. The Bertz CT molecular complexity index is 1140. The summed E-state index contributed by atoms with van der Waals surface area (Å²) in [7, 11) is 0. The molecule has 0 bridgehead atoms. The fraction of sp³-hybridized carbons (Fsp3) is 0.333. The molecule has 0 radical (unpaired) electrons.